The molecule has 0 fully saturated rings. The van der Waals surface area contributed by atoms with E-state index in [1.165, 1.54) is 12.4 Å². The predicted octanol–water partition coefficient (Wildman–Crippen LogP) is 2.66. The molecule has 0 saturated carbocycles. The van der Waals surface area contributed by atoms with Crippen LogP contribution >= 0.6 is 0 Å². The molecule has 0 aliphatic rings. The van der Waals surface area contributed by atoms with Gasteiger partial charge in [-0.1, -0.05) is 11.2 Å². The van der Waals surface area contributed by atoms with Crippen LogP contribution in [0.2, 0.25) is 0 Å². The second kappa shape index (κ2) is 5.68. The fourth-order valence-electron chi connectivity index (χ4n) is 1.76. The molecule has 3 rings (SSSR count). The number of carbonyl (C=O) groups is 1. The number of aromatic nitrogens is 3. The Hall–Kier alpha value is -3.16. The van der Waals surface area contributed by atoms with Gasteiger partial charge in [-0.25, -0.2) is 8.78 Å². The van der Waals surface area contributed by atoms with Crippen LogP contribution in [-0.2, 0) is 0 Å². The van der Waals surface area contributed by atoms with Crippen molar-refractivity contribution in [2.75, 3.05) is 5.32 Å². The highest BCUT2D eigenvalue weighted by Crippen LogP contribution is 2.20. The molecule has 0 saturated heterocycles. The number of nitrogens with one attached hydrogen (secondary N) is 1. The Morgan fingerprint density at radius 3 is 2.41 bits per heavy atom. The molecule has 2 aromatic heterocycles. The summed E-state index contributed by atoms with van der Waals surface area (Å²) in [6.07, 6.45) is 3.07. The second-order valence-corrected chi connectivity index (χ2v) is 4.20. The highest BCUT2D eigenvalue weighted by atomic mass is 19.1. The van der Waals surface area contributed by atoms with Gasteiger partial charge in [0, 0.05) is 18.0 Å². The lowest BCUT2D eigenvalue weighted by Crippen LogP contribution is -2.16. The number of nitrogens with zero attached hydrogens (tertiary/aromatic N) is 3. The van der Waals surface area contributed by atoms with E-state index in [1.807, 2.05) is 0 Å². The number of benzene rings is 1. The quantitative estimate of drug-likeness (QED) is 0.804. The average Bonchev–Trinajstić information content (AvgIpc) is 2.96. The van der Waals surface area contributed by atoms with E-state index in [0.717, 1.165) is 18.2 Å². The summed E-state index contributed by atoms with van der Waals surface area (Å²) in [5, 5.41) is 9.49. The molecule has 6 nitrogen and oxygen atoms in total. The highest BCUT2D eigenvalue weighted by molar-refractivity contribution is 6.03. The topological polar surface area (TPSA) is 80.9 Å². The van der Waals surface area contributed by atoms with Crippen molar-refractivity contribution in [1.82, 2.24) is 15.2 Å². The Morgan fingerprint density at radius 1 is 1.05 bits per heavy atom. The van der Waals surface area contributed by atoms with Crippen molar-refractivity contribution in [3.8, 4) is 11.5 Å². The summed E-state index contributed by atoms with van der Waals surface area (Å²) < 4.78 is 32.2. The van der Waals surface area contributed by atoms with Crippen LogP contribution in [-0.4, -0.2) is 21.1 Å². The van der Waals surface area contributed by atoms with Gasteiger partial charge < -0.3 is 4.42 Å². The van der Waals surface area contributed by atoms with Crippen LogP contribution in [0, 0.1) is 11.6 Å². The minimum absolute atomic E-state index is 0.145. The highest BCUT2D eigenvalue weighted by Gasteiger charge is 2.19. The van der Waals surface area contributed by atoms with Gasteiger partial charge in [-0.05, 0) is 24.3 Å². The third kappa shape index (κ3) is 2.66. The maximum absolute atomic E-state index is 13.5. The van der Waals surface area contributed by atoms with E-state index < -0.39 is 23.1 Å². The van der Waals surface area contributed by atoms with E-state index in [-0.39, 0.29) is 11.9 Å². The van der Waals surface area contributed by atoms with E-state index in [4.69, 9.17) is 4.42 Å². The zero-order valence-electron chi connectivity index (χ0n) is 11.0. The molecule has 0 aliphatic carbocycles. The number of hydrogen-bond acceptors (Lipinski definition) is 5. The molecule has 0 bridgehead atoms. The first-order chi connectivity index (χ1) is 10.6. The largest absolute Gasteiger partial charge is 0.403 e. The summed E-state index contributed by atoms with van der Waals surface area (Å²) in [6, 6.07) is 6.13. The molecule has 110 valence electrons. The normalized spacial score (nSPS) is 10.5. The molecule has 0 atom stereocenters. The van der Waals surface area contributed by atoms with Crippen LogP contribution in [0.3, 0.4) is 0 Å². The fraction of sp³-hybridized carbons (Fsp3) is 0. The number of pyridine rings is 1. The first-order valence-corrected chi connectivity index (χ1v) is 6.14. The molecule has 8 heteroatoms. The third-order valence-electron chi connectivity index (χ3n) is 2.76. The molecule has 1 amide bonds. The average molecular weight is 302 g/mol. The Balaban J connectivity index is 1.82. The molecule has 0 spiro atoms. The van der Waals surface area contributed by atoms with E-state index in [9.17, 15) is 13.6 Å². The van der Waals surface area contributed by atoms with Crippen molar-refractivity contribution in [1.29, 1.82) is 0 Å². The summed E-state index contributed by atoms with van der Waals surface area (Å²) in [4.78, 5) is 15.7. The van der Waals surface area contributed by atoms with Crippen LogP contribution in [0.4, 0.5) is 14.8 Å². The summed E-state index contributed by atoms with van der Waals surface area (Å²) in [7, 11) is 0. The monoisotopic (exact) mass is 302 g/mol. The Kier molecular flexibility index (Phi) is 3.57. The van der Waals surface area contributed by atoms with Crippen molar-refractivity contribution in [3.63, 3.8) is 0 Å². The molecule has 2 heterocycles. The van der Waals surface area contributed by atoms with E-state index >= 15 is 0 Å². The summed E-state index contributed by atoms with van der Waals surface area (Å²) in [5.41, 5.74) is -0.119. The fourth-order valence-corrected chi connectivity index (χ4v) is 1.76. The molecule has 0 unspecified atom stereocenters. The second-order valence-electron chi connectivity index (χ2n) is 4.20. The van der Waals surface area contributed by atoms with Crippen LogP contribution in [0.25, 0.3) is 11.5 Å². The van der Waals surface area contributed by atoms with Gasteiger partial charge in [-0.2, -0.15) is 0 Å². The number of anilines is 1. The van der Waals surface area contributed by atoms with Crippen LogP contribution in [0.1, 0.15) is 10.4 Å². The SMILES string of the molecule is O=C(Nc1nnc(-c2ccncc2)o1)c1c(F)cccc1F. The van der Waals surface area contributed by atoms with Gasteiger partial charge in [-0.3, -0.25) is 15.1 Å². The number of carbonyl (C=O) groups excluding carboxylic acids is 1. The molecule has 1 aromatic carbocycles. The van der Waals surface area contributed by atoms with Gasteiger partial charge >= 0.3 is 6.01 Å². The molecule has 22 heavy (non-hydrogen) atoms. The Morgan fingerprint density at radius 2 is 1.73 bits per heavy atom. The number of rotatable bonds is 3. The first-order valence-electron chi connectivity index (χ1n) is 6.14. The number of amides is 1. The van der Waals surface area contributed by atoms with Crippen LogP contribution in [0.15, 0.2) is 47.1 Å². The van der Waals surface area contributed by atoms with E-state index in [2.05, 4.69) is 20.5 Å². The molecule has 0 radical (unpaired) electrons. The lowest BCUT2D eigenvalue weighted by atomic mass is 10.2. The smallest absolute Gasteiger partial charge is 0.322 e. The van der Waals surface area contributed by atoms with Crippen molar-refractivity contribution in [3.05, 3.63) is 59.9 Å². The van der Waals surface area contributed by atoms with Gasteiger partial charge in [0.05, 0.1) is 0 Å². The lowest BCUT2D eigenvalue weighted by molar-refractivity contribution is 0.101. The predicted molar refractivity (Wildman–Crippen MR) is 71.8 cm³/mol. The number of hydrogen-bond donors (Lipinski definition) is 1. The van der Waals surface area contributed by atoms with E-state index in [1.54, 1.807) is 12.1 Å². The van der Waals surface area contributed by atoms with Gasteiger partial charge in [0.25, 0.3) is 5.91 Å². The Labute approximate surface area is 122 Å². The first kappa shape index (κ1) is 13.8. The van der Waals surface area contributed by atoms with Gasteiger partial charge in [0.15, 0.2) is 0 Å². The maximum atomic E-state index is 13.5. The number of halogens is 2. The van der Waals surface area contributed by atoms with Gasteiger partial charge in [-0.15, -0.1) is 5.10 Å². The minimum Gasteiger partial charge on any atom is -0.403 e. The van der Waals surface area contributed by atoms with Crippen LogP contribution in [0.5, 0.6) is 0 Å². The van der Waals surface area contributed by atoms with Crippen molar-refractivity contribution in [2.24, 2.45) is 0 Å². The summed E-state index contributed by atoms with van der Waals surface area (Å²) >= 11 is 0. The van der Waals surface area contributed by atoms with E-state index in [0.29, 0.717) is 5.56 Å². The zero-order valence-corrected chi connectivity index (χ0v) is 11.0. The zero-order chi connectivity index (χ0) is 15.5. The molecule has 0 aliphatic heterocycles. The van der Waals surface area contributed by atoms with Crippen LogP contribution < -0.4 is 5.32 Å². The Bertz CT molecular complexity index is 800. The molecule has 3 aromatic rings. The van der Waals surface area contributed by atoms with Crippen molar-refractivity contribution < 1.29 is 18.0 Å². The summed E-state index contributed by atoms with van der Waals surface area (Å²) in [5.74, 6) is -2.83. The molecule has 1 N–H and O–H groups in total. The van der Waals surface area contributed by atoms with Crippen molar-refractivity contribution in [2.45, 2.75) is 0 Å². The third-order valence-corrected chi connectivity index (χ3v) is 2.76. The maximum Gasteiger partial charge on any atom is 0.322 e. The van der Waals surface area contributed by atoms with Gasteiger partial charge in [0.2, 0.25) is 5.89 Å². The lowest BCUT2D eigenvalue weighted by Gasteiger charge is -2.03. The summed E-state index contributed by atoms with van der Waals surface area (Å²) in [6.45, 7) is 0. The van der Waals surface area contributed by atoms with Crippen molar-refractivity contribution >= 4 is 11.9 Å². The van der Waals surface area contributed by atoms with Gasteiger partial charge in [0.1, 0.15) is 17.2 Å². The molecular formula is C14H8F2N4O2. The standard InChI is InChI=1S/C14H8F2N4O2/c15-9-2-1-3-10(16)11(9)12(21)18-14-20-19-13(22-14)8-4-6-17-7-5-8/h1-7H,(H,18,20,21). The molecular weight excluding hydrogens is 294 g/mol. The minimum atomic E-state index is -1.01.